The Kier molecular flexibility index (Phi) is 7.55. The Morgan fingerprint density at radius 3 is 1.90 bits per heavy atom. The Morgan fingerprint density at radius 2 is 1.52 bits per heavy atom. The van der Waals surface area contributed by atoms with Crippen molar-refractivity contribution >= 4 is 8.80 Å². The van der Waals surface area contributed by atoms with Gasteiger partial charge in [0.05, 0.1) is 0 Å². The van der Waals surface area contributed by atoms with Crippen LogP contribution in [0.25, 0.3) is 0 Å². The van der Waals surface area contributed by atoms with E-state index in [0.717, 1.165) is 6.42 Å². The second-order valence-corrected chi connectivity index (χ2v) is 20.0. The van der Waals surface area contributed by atoms with Gasteiger partial charge in [0.2, 0.25) is 0 Å². The quantitative estimate of drug-likeness (QED) is 0.425. The number of rotatable bonds is 9. The van der Waals surface area contributed by atoms with E-state index < -0.39 is 24.9 Å². The summed E-state index contributed by atoms with van der Waals surface area (Å²) < 4.78 is 19.9. The van der Waals surface area contributed by atoms with Crippen molar-refractivity contribution < 1.29 is 29.3 Å². The van der Waals surface area contributed by atoms with Crippen LogP contribution >= 0.6 is 0 Å². The van der Waals surface area contributed by atoms with Gasteiger partial charge in [-0.2, -0.15) is 0 Å². The second kappa shape index (κ2) is 8.21. The molecular formula is C16H32O3PtSi. The van der Waals surface area contributed by atoms with Gasteiger partial charge in [0.15, 0.2) is 0 Å². The summed E-state index contributed by atoms with van der Waals surface area (Å²) in [5.41, 5.74) is 1.65. The van der Waals surface area contributed by atoms with E-state index in [1.165, 1.54) is 5.57 Å². The fraction of sp³-hybridized carbons (Fsp3) is 0.750. The molecule has 1 rings (SSSR count). The van der Waals surface area contributed by atoms with Crippen LogP contribution in [0.3, 0.4) is 0 Å². The van der Waals surface area contributed by atoms with E-state index in [1.807, 2.05) is 20.8 Å². The summed E-state index contributed by atoms with van der Waals surface area (Å²) in [7, 11) is -2.66. The Labute approximate surface area is 135 Å². The zero-order chi connectivity index (χ0) is 16.1. The Balaban J connectivity index is 3.20. The van der Waals surface area contributed by atoms with Crippen molar-refractivity contribution in [3.05, 3.63) is 21.7 Å². The predicted octanol–water partition coefficient (Wildman–Crippen LogP) is 4.94. The van der Waals surface area contributed by atoms with Gasteiger partial charge in [0.25, 0.3) is 0 Å². The minimum atomic E-state index is -2.66. The molecule has 0 amide bonds. The third-order valence-corrected chi connectivity index (χ3v) is 12.2. The predicted molar refractivity (Wildman–Crippen MR) is 88.4 cm³/mol. The number of hydrogen-bond acceptors (Lipinski definition) is 3. The van der Waals surface area contributed by atoms with Crippen molar-refractivity contribution in [1.29, 1.82) is 0 Å². The molecular weight excluding hydrogens is 463 g/mol. The van der Waals surface area contributed by atoms with Gasteiger partial charge in [-0.05, 0) is 0 Å². The molecule has 0 heterocycles. The van der Waals surface area contributed by atoms with Crippen LogP contribution < -0.4 is 0 Å². The first kappa shape index (κ1) is 19.3. The molecule has 0 aromatic heterocycles. The monoisotopic (exact) mass is 495 g/mol. The first-order valence-corrected chi connectivity index (χ1v) is 17.2. The zero-order valence-electron chi connectivity index (χ0n) is 14.6. The van der Waals surface area contributed by atoms with Crippen LogP contribution in [-0.2, 0) is 29.3 Å². The average molecular weight is 496 g/mol. The molecule has 0 aliphatic heterocycles. The van der Waals surface area contributed by atoms with Crippen molar-refractivity contribution in [2.75, 3.05) is 19.8 Å². The fourth-order valence-corrected chi connectivity index (χ4v) is 10.1. The summed E-state index contributed by atoms with van der Waals surface area (Å²) in [6, 6.07) is 0. The molecule has 128 valence electrons. The molecule has 0 bridgehead atoms. The van der Waals surface area contributed by atoms with Crippen LogP contribution in [0.4, 0.5) is 0 Å². The number of allylic oxidation sites excluding steroid dienone is 4. The fourth-order valence-electron chi connectivity index (χ4n) is 2.61. The zero-order valence-corrected chi connectivity index (χ0v) is 17.9. The summed E-state index contributed by atoms with van der Waals surface area (Å²) in [5.74, 6) is 0. The molecule has 1 atom stereocenters. The molecule has 0 spiro atoms. The summed E-state index contributed by atoms with van der Waals surface area (Å²) in [5, 5.41) is 7.36. The molecule has 0 fully saturated rings. The minimum absolute atomic E-state index is 0.217. The summed E-state index contributed by atoms with van der Waals surface area (Å²) >= 11 is -1.77. The molecule has 3 nitrogen and oxygen atoms in total. The van der Waals surface area contributed by atoms with Gasteiger partial charge in [0.1, 0.15) is 0 Å². The van der Waals surface area contributed by atoms with Gasteiger partial charge >= 0.3 is 135 Å². The van der Waals surface area contributed by atoms with E-state index in [1.54, 1.807) is 3.96 Å². The van der Waals surface area contributed by atoms with Crippen LogP contribution in [0.1, 0.15) is 34.1 Å². The molecule has 21 heavy (non-hydrogen) atoms. The third-order valence-electron chi connectivity index (χ3n) is 3.48. The van der Waals surface area contributed by atoms with Crippen molar-refractivity contribution in [1.82, 2.24) is 0 Å². The van der Waals surface area contributed by atoms with Crippen LogP contribution in [0.5, 0.6) is 0 Å². The maximum absolute atomic E-state index is 6.09. The van der Waals surface area contributed by atoms with Crippen molar-refractivity contribution in [3.63, 3.8) is 0 Å². The van der Waals surface area contributed by atoms with E-state index in [9.17, 15) is 0 Å². The standard InChI is InChI=1S/C13H23O3Si.3CH3.Pt/c1-5-14-17(15-6-2,16-7-3)12(4)13-10-8-9-11-13;;;;/h8,10,12H,5-7,9H2,1-4H3;3*1H3;. The molecule has 0 aromatic carbocycles. The average Bonchev–Trinajstić information content (AvgIpc) is 2.87. The van der Waals surface area contributed by atoms with Crippen molar-refractivity contribution in [2.24, 2.45) is 0 Å². The van der Waals surface area contributed by atoms with Crippen LogP contribution in [-0.4, -0.2) is 28.6 Å². The second-order valence-electron chi connectivity index (χ2n) is 5.48. The van der Waals surface area contributed by atoms with E-state index >= 15 is 0 Å². The topological polar surface area (TPSA) is 27.7 Å². The third kappa shape index (κ3) is 4.62. The summed E-state index contributed by atoms with van der Waals surface area (Å²) in [4.78, 5) is 0. The van der Waals surface area contributed by atoms with Gasteiger partial charge in [-0.1, -0.05) is 0 Å². The molecule has 1 aliphatic carbocycles. The normalized spacial score (nSPS) is 18.4. The number of hydrogen-bond donors (Lipinski definition) is 0. The van der Waals surface area contributed by atoms with Crippen LogP contribution in [0.15, 0.2) is 21.7 Å². The SMILES string of the molecule is CCO[Si](OCC)(OCC)C(C)C1=[C]([Pt]([CH3])([CH3])[CH3])CC=C1. The van der Waals surface area contributed by atoms with E-state index in [0.29, 0.717) is 19.8 Å². The molecule has 5 heteroatoms. The van der Waals surface area contributed by atoms with E-state index in [2.05, 4.69) is 35.0 Å². The Hall–Kier alpha value is 0.265. The van der Waals surface area contributed by atoms with Crippen molar-refractivity contribution in [2.45, 2.75) is 55.6 Å². The van der Waals surface area contributed by atoms with Gasteiger partial charge in [-0.3, -0.25) is 0 Å². The Bertz CT molecular complexity index is 382. The van der Waals surface area contributed by atoms with Gasteiger partial charge in [-0.25, -0.2) is 0 Å². The molecule has 1 aliphatic rings. The van der Waals surface area contributed by atoms with Crippen LogP contribution in [0.2, 0.25) is 21.5 Å². The summed E-state index contributed by atoms with van der Waals surface area (Å²) in [6.45, 7) is 10.2. The van der Waals surface area contributed by atoms with Crippen LogP contribution in [0, 0.1) is 0 Å². The molecule has 0 aromatic rings. The molecule has 0 saturated carbocycles. The first-order chi connectivity index (χ1) is 9.82. The first-order valence-electron chi connectivity index (χ1n) is 7.50. The van der Waals surface area contributed by atoms with E-state index in [4.69, 9.17) is 13.3 Å². The molecule has 0 N–H and O–H groups in total. The molecule has 0 saturated heterocycles. The van der Waals surface area contributed by atoms with Gasteiger partial charge in [0, 0.05) is 0 Å². The maximum atomic E-state index is 6.09. The summed E-state index contributed by atoms with van der Waals surface area (Å²) in [6.07, 6.45) is 5.68. The van der Waals surface area contributed by atoms with Gasteiger partial charge < -0.3 is 0 Å². The Morgan fingerprint density at radius 1 is 1.05 bits per heavy atom. The van der Waals surface area contributed by atoms with Gasteiger partial charge in [-0.15, -0.1) is 0 Å². The molecule has 1 unspecified atom stereocenters. The van der Waals surface area contributed by atoms with Crippen molar-refractivity contribution in [3.8, 4) is 0 Å². The van der Waals surface area contributed by atoms with E-state index in [-0.39, 0.29) is 5.54 Å². The molecule has 0 radical (unpaired) electrons.